The Morgan fingerprint density at radius 2 is 2.14 bits per heavy atom. The Morgan fingerprint density at radius 3 is 2.86 bits per heavy atom. The topological polar surface area (TPSA) is 29.5 Å². The van der Waals surface area contributed by atoms with E-state index in [1.807, 2.05) is 0 Å². The minimum Gasteiger partial charge on any atom is -0.469 e. The predicted molar refractivity (Wildman–Crippen MR) is 84.0 cm³/mol. The summed E-state index contributed by atoms with van der Waals surface area (Å²) >= 11 is 3.56. The molecule has 0 bridgehead atoms. The van der Waals surface area contributed by atoms with E-state index in [9.17, 15) is 4.79 Å². The lowest BCUT2D eigenvalue weighted by Crippen LogP contribution is -2.63. The van der Waals surface area contributed by atoms with Crippen molar-refractivity contribution in [2.24, 2.45) is 11.3 Å². The predicted octanol–water partition coefficient (Wildman–Crippen LogP) is 3.32. The molecule has 1 unspecified atom stereocenters. The zero-order valence-corrected chi connectivity index (χ0v) is 13.9. The second kappa shape index (κ2) is 4.82. The zero-order valence-electron chi connectivity index (χ0n) is 12.3. The lowest BCUT2D eigenvalue weighted by molar-refractivity contribution is -0.167. The number of fused-ring (bicyclic) bond motifs is 1. The highest BCUT2D eigenvalue weighted by Crippen LogP contribution is 2.55. The number of hydrogen-bond acceptors (Lipinski definition) is 3. The molecular weight excluding hydrogens is 330 g/mol. The van der Waals surface area contributed by atoms with Crippen LogP contribution in [0, 0.1) is 11.3 Å². The van der Waals surface area contributed by atoms with Crippen LogP contribution in [-0.4, -0.2) is 31.1 Å². The van der Waals surface area contributed by atoms with Crippen molar-refractivity contribution in [3.8, 4) is 0 Å². The maximum Gasteiger partial charge on any atom is 0.308 e. The fraction of sp³-hybridized carbons (Fsp3) is 0.588. The van der Waals surface area contributed by atoms with Gasteiger partial charge in [-0.1, -0.05) is 22.0 Å². The number of likely N-dealkylation sites (tertiary alicyclic amines) is 1. The van der Waals surface area contributed by atoms with E-state index in [1.165, 1.54) is 35.6 Å². The molecule has 1 spiro atoms. The Morgan fingerprint density at radius 1 is 1.38 bits per heavy atom. The smallest absolute Gasteiger partial charge is 0.308 e. The molecule has 1 aromatic carbocycles. The summed E-state index contributed by atoms with van der Waals surface area (Å²) in [7, 11) is 1.49. The van der Waals surface area contributed by atoms with Crippen molar-refractivity contribution >= 4 is 21.9 Å². The molecular formula is C17H20BrNO2. The van der Waals surface area contributed by atoms with Crippen LogP contribution in [0.4, 0.5) is 0 Å². The highest BCUT2D eigenvalue weighted by Gasteiger charge is 2.56. The molecule has 1 atom stereocenters. The van der Waals surface area contributed by atoms with Crippen molar-refractivity contribution in [1.29, 1.82) is 0 Å². The molecule has 4 heteroatoms. The highest BCUT2D eigenvalue weighted by atomic mass is 79.9. The fourth-order valence-corrected chi connectivity index (χ4v) is 4.96. The van der Waals surface area contributed by atoms with Gasteiger partial charge in [-0.05, 0) is 54.4 Å². The van der Waals surface area contributed by atoms with Gasteiger partial charge in [0.2, 0.25) is 0 Å². The van der Waals surface area contributed by atoms with Crippen molar-refractivity contribution in [1.82, 2.24) is 4.90 Å². The van der Waals surface area contributed by atoms with E-state index in [-0.39, 0.29) is 11.9 Å². The first-order valence-electron chi connectivity index (χ1n) is 7.70. The molecule has 0 amide bonds. The Kier molecular flexibility index (Phi) is 3.16. The molecule has 2 fully saturated rings. The monoisotopic (exact) mass is 349 g/mol. The fourth-order valence-electron chi connectivity index (χ4n) is 4.56. The third-order valence-electron chi connectivity index (χ3n) is 5.56. The molecule has 4 rings (SSSR count). The second-order valence-corrected chi connectivity index (χ2v) is 7.85. The third-order valence-corrected chi connectivity index (χ3v) is 6.06. The number of hydrogen-bond donors (Lipinski definition) is 0. The standard InChI is InChI=1S/C17H20BrNO2/c1-21-16(20)12-7-17(8-12)9-19(10-17)15-5-2-11-6-13(18)3-4-14(11)15/h3-4,6,12,15H,2,5,7-10H2,1H3. The summed E-state index contributed by atoms with van der Waals surface area (Å²) in [6.45, 7) is 2.31. The number of aryl methyl sites for hydroxylation is 1. The van der Waals surface area contributed by atoms with E-state index < -0.39 is 0 Å². The van der Waals surface area contributed by atoms with Gasteiger partial charge in [0.05, 0.1) is 13.0 Å². The van der Waals surface area contributed by atoms with Gasteiger partial charge in [0.25, 0.3) is 0 Å². The summed E-state index contributed by atoms with van der Waals surface area (Å²) in [6.07, 6.45) is 4.47. The molecule has 21 heavy (non-hydrogen) atoms. The average Bonchev–Trinajstić information content (AvgIpc) is 2.78. The van der Waals surface area contributed by atoms with Gasteiger partial charge >= 0.3 is 5.97 Å². The maximum absolute atomic E-state index is 11.5. The van der Waals surface area contributed by atoms with Gasteiger partial charge in [0.15, 0.2) is 0 Å². The lowest BCUT2D eigenvalue weighted by Gasteiger charge is -2.60. The largest absolute Gasteiger partial charge is 0.469 e. The number of methoxy groups -OCH3 is 1. The number of halogens is 1. The van der Waals surface area contributed by atoms with Gasteiger partial charge in [-0.3, -0.25) is 9.69 Å². The first-order chi connectivity index (χ1) is 10.1. The van der Waals surface area contributed by atoms with Crippen LogP contribution >= 0.6 is 15.9 Å². The molecule has 0 N–H and O–H groups in total. The highest BCUT2D eigenvalue weighted by molar-refractivity contribution is 9.10. The zero-order chi connectivity index (χ0) is 14.6. The first kappa shape index (κ1) is 13.8. The van der Waals surface area contributed by atoms with Gasteiger partial charge in [-0.15, -0.1) is 0 Å². The van der Waals surface area contributed by atoms with Gasteiger partial charge in [-0.25, -0.2) is 0 Å². The summed E-state index contributed by atoms with van der Waals surface area (Å²) in [5.41, 5.74) is 3.42. The van der Waals surface area contributed by atoms with Crippen LogP contribution in [0.2, 0.25) is 0 Å². The summed E-state index contributed by atoms with van der Waals surface area (Å²) in [4.78, 5) is 14.1. The summed E-state index contributed by atoms with van der Waals surface area (Å²) in [5, 5.41) is 0. The molecule has 0 radical (unpaired) electrons. The molecule has 1 aromatic rings. The molecule has 3 aliphatic rings. The number of nitrogens with zero attached hydrogens (tertiary/aromatic N) is 1. The first-order valence-corrected chi connectivity index (χ1v) is 8.50. The van der Waals surface area contributed by atoms with Crippen LogP contribution in [0.1, 0.15) is 36.4 Å². The summed E-state index contributed by atoms with van der Waals surface area (Å²) in [5.74, 6) is 0.138. The number of ether oxygens (including phenoxy) is 1. The van der Waals surface area contributed by atoms with Crippen molar-refractivity contribution in [3.63, 3.8) is 0 Å². The minimum absolute atomic E-state index is 0.0184. The van der Waals surface area contributed by atoms with E-state index in [0.717, 1.165) is 25.9 Å². The van der Waals surface area contributed by atoms with Gasteiger partial charge in [0, 0.05) is 23.6 Å². The van der Waals surface area contributed by atoms with E-state index >= 15 is 0 Å². The molecule has 1 heterocycles. The Balaban J connectivity index is 1.39. The number of carbonyl (C=O) groups excluding carboxylic acids is 1. The number of benzene rings is 1. The molecule has 112 valence electrons. The van der Waals surface area contributed by atoms with Crippen molar-refractivity contribution < 1.29 is 9.53 Å². The van der Waals surface area contributed by atoms with E-state index in [1.54, 1.807) is 0 Å². The van der Waals surface area contributed by atoms with Crippen LogP contribution in [0.3, 0.4) is 0 Å². The molecule has 1 saturated heterocycles. The SMILES string of the molecule is COC(=O)C1CC2(C1)CN(C1CCc3cc(Br)ccc31)C2. The molecule has 1 aliphatic heterocycles. The minimum atomic E-state index is -0.0184. The lowest BCUT2D eigenvalue weighted by atomic mass is 9.57. The quantitative estimate of drug-likeness (QED) is 0.767. The number of esters is 1. The molecule has 2 aliphatic carbocycles. The summed E-state index contributed by atoms with van der Waals surface area (Å²) in [6, 6.07) is 7.29. The molecule has 3 nitrogen and oxygen atoms in total. The van der Waals surface area contributed by atoms with E-state index in [0.29, 0.717) is 11.5 Å². The maximum atomic E-state index is 11.5. The average molecular weight is 350 g/mol. The number of carbonyl (C=O) groups is 1. The van der Waals surface area contributed by atoms with Crippen LogP contribution in [0.25, 0.3) is 0 Å². The summed E-state index contributed by atoms with van der Waals surface area (Å²) < 4.78 is 6.03. The van der Waals surface area contributed by atoms with Crippen LogP contribution in [0.15, 0.2) is 22.7 Å². The van der Waals surface area contributed by atoms with Crippen LogP contribution < -0.4 is 0 Å². The normalized spacial score (nSPS) is 27.0. The number of rotatable bonds is 2. The van der Waals surface area contributed by atoms with Gasteiger partial charge < -0.3 is 4.74 Å². The molecule has 0 aromatic heterocycles. The Labute approximate surface area is 133 Å². The third kappa shape index (κ3) is 2.15. The van der Waals surface area contributed by atoms with Gasteiger partial charge in [0.1, 0.15) is 0 Å². The van der Waals surface area contributed by atoms with Gasteiger partial charge in [-0.2, -0.15) is 0 Å². The van der Waals surface area contributed by atoms with Crippen molar-refractivity contribution in [2.75, 3.05) is 20.2 Å². The van der Waals surface area contributed by atoms with Crippen LogP contribution in [0.5, 0.6) is 0 Å². The van der Waals surface area contributed by atoms with Crippen molar-refractivity contribution in [3.05, 3.63) is 33.8 Å². The van der Waals surface area contributed by atoms with E-state index in [2.05, 4.69) is 39.0 Å². The Bertz CT molecular complexity index is 586. The molecule has 1 saturated carbocycles. The Hall–Kier alpha value is -0.870. The van der Waals surface area contributed by atoms with E-state index in [4.69, 9.17) is 4.74 Å². The second-order valence-electron chi connectivity index (χ2n) is 6.93. The van der Waals surface area contributed by atoms with Crippen molar-refractivity contribution in [2.45, 2.75) is 31.7 Å². The van der Waals surface area contributed by atoms with Crippen LogP contribution in [-0.2, 0) is 16.0 Å².